The first kappa shape index (κ1) is 29.3. The molecule has 1 fully saturated rings. The second kappa shape index (κ2) is 13.1. The van der Waals surface area contributed by atoms with Crippen LogP contribution in [0.3, 0.4) is 0 Å². The molecule has 3 aromatic rings. The number of benzene rings is 3. The van der Waals surface area contributed by atoms with Gasteiger partial charge >= 0.3 is 0 Å². The van der Waals surface area contributed by atoms with E-state index in [2.05, 4.69) is 37.2 Å². The normalized spacial score (nSPS) is 14.5. The molecule has 1 N–H and O–H groups in total. The minimum atomic E-state index is -4.07. The molecule has 1 saturated carbocycles. The molecule has 0 heterocycles. The van der Waals surface area contributed by atoms with Crippen LogP contribution in [-0.2, 0) is 26.2 Å². The van der Waals surface area contributed by atoms with Gasteiger partial charge in [-0.3, -0.25) is 13.9 Å². The van der Waals surface area contributed by atoms with Crippen molar-refractivity contribution in [1.29, 1.82) is 0 Å². The Bertz CT molecular complexity index is 1380. The fourth-order valence-corrected chi connectivity index (χ4v) is 6.58. The van der Waals surface area contributed by atoms with Gasteiger partial charge in [0.25, 0.3) is 10.0 Å². The summed E-state index contributed by atoms with van der Waals surface area (Å²) in [6.45, 7) is 1.39. The molecule has 0 aliphatic heterocycles. The van der Waals surface area contributed by atoms with E-state index in [-0.39, 0.29) is 23.4 Å². The van der Waals surface area contributed by atoms with Gasteiger partial charge in [0.15, 0.2) is 0 Å². The second-order valence-corrected chi connectivity index (χ2v) is 13.3. The lowest BCUT2D eigenvalue weighted by molar-refractivity contribution is -0.139. The third kappa shape index (κ3) is 7.49. The summed E-state index contributed by atoms with van der Waals surface area (Å²) in [6, 6.07) is 21.6. The van der Waals surface area contributed by atoms with Crippen LogP contribution in [0.15, 0.2) is 92.7 Å². The van der Waals surface area contributed by atoms with E-state index in [1.54, 1.807) is 49.4 Å². The molecule has 3 aromatic carbocycles. The fraction of sp³-hybridized carbons (Fsp3) is 0.310. The molecule has 10 heteroatoms. The first-order chi connectivity index (χ1) is 18.6. The van der Waals surface area contributed by atoms with Crippen LogP contribution in [0.25, 0.3) is 0 Å². The highest BCUT2D eigenvalue weighted by atomic mass is 79.9. The number of carbonyl (C=O) groups excluding carboxylic acids is 2. The van der Waals surface area contributed by atoms with Crippen molar-refractivity contribution in [2.24, 2.45) is 0 Å². The molecular weight excluding hydrogens is 646 g/mol. The highest BCUT2D eigenvalue weighted by molar-refractivity contribution is 9.10. The van der Waals surface area contributed by atoms with E-state index in [1.165, 1.54) is 17.0 Å². The smallest absolute Gasteiger partial charge is 0.264 e. The van der Waals surface area contributed by atoms with E-state index >= 15 is 0 Å². The molecule has 2 amide bonds. The van der Waals surface area contributed by atoms with Gasteiger partial charge in [0, 0.05) is 21.5 Å². The molecule has 1 atom stereocenters. The molecule has 1 aliphatic rings. The molecule has 0 spiro atoms. The van der Waals surface area contributed by atoms with Crippen LogP contribution in [0.2, 0.25) is 0 Å². The summed E-state index contributed by atoms with van der Waals surface area (Å²) >= 11 is 6.81. The minimum Gasteiger partial charge on any atom is -0.352 e. The summed E-state index contributed by atoms with van der Waals surface area (Å²) in [7, 11) is -4.07. The maximum atomic E-state index is 13.9. The third-order valence-electron chi connectivity index (χ3n) is 6.86. The molecule has 1 aliphatic carbocycles. The van der Waals surface area contributed by atoms with E-state index in [1.807, 2.05) is 24.3 Å². The zero-order valence-corrected chi connectivity index (χ0v) is 25.6. The Hall–Kier alpha value is -2.69. The SMILES string of the molecule is CC(C(=O)NC1CCCC1)N(Cc1ccc(Br)cc1)C(=O)CN(c1ccc(Br)cc1)S(=O)(=O)c1ccccc1. The van der Waals surface area contributed by atoms with Gasteiger partial charge in [-0.1, -0.05) is 75.0 Å². The lowest BCUT2D eigenvalue weighted by Crippen LogP contribution is -2.52. The number of carbonyl (C=O) groups is 2. The lowest BCUT2D eigenvalue weighted by atomic mass is 10.1. The van der Waals surface area contributed by atoms with Crippen LogP contribution in [-0.4, -0.2) is 43.8 Å². The van der Waals surface area contributed by atoms with Crippen LogP contribution in [0, 0.1) is 0 Å². The molecule has 0 radical (unpaired) electrons. The number of nitrogens with one attached hydrogen (secondary N) is 1. The van der Waals surface area contributed by atoms with Gasteiger partial charge < -0.3 is 10.2 Å². The molecule has 206 valence electrons. The lowest BCUT2D eigenvalue weighted by Gasteiger charge is -2.32. The zero-order valence-electron chi connectivity index (χ0n) is 21.6. The summed E-state index contributed by atoms with van der Waals surface area (Å²) < 4.78 is 30.3. The Morgan fingerprint density at radius 3 is 2.05 bits per heavy atom. The van der Waals surface area contributed by atoms with Gasteiger partial charge in [-0.05, 0) is 73.9 Å². The minimum absolute atomic E-state index is 0.0761. The number of amides is 2. The zero-order chi connectivity index (χ0) is 28.0. The van der Waals surface area contributed by atoms with Gasteiger partial charge in [0.2, 0.25) is 11.8 Å². The van der Waals surface area contributed by atoms with Gasteiger partial charge in [-0.15, -0.1) is 0 Å². The first-order valence-corrected chi connectivity index (χ1v) is 15.9. The second-order valence-electron chi connectivity index (χ2n) is 9.62. The van der Waals surface area contributed by atoms with Gasteiger partial charge in [0.05, 0.1) is 10.6 Å². The first-order valence-electron chi connectivity index (χ1n) is 12.8. The van der Waals surface area contributed by atoms with E-state index in [9.17, 15) is 18.0 Å². The van der Waals surface area contributed by atoms with Crippen LogP contribution in [0.1, 0.15) is 38.2 Å². The molecule has 7 nitrogen and oxygen atoms in total. The number of anilines is 1. The van der Waals surface area contributed by atoms with Crippen LogP contribution >= 0.6 is 31.9 Å². The van der Waals surface area contributed by atoms with E-state index in [0.717, 1.165) is 44.5 Å². The largest absolute Gasteiger partial charge is 0.352 e. The maximum Gasteiger partial charge on any atom is 0.264 e. The van der Waals surface area contributed by atoms with E-state index < -0.39 is 28.5 Å². The summed E-state index contributed by atoms with van der Waals surface area (Å²) in [4.78, 5) is 28.7. The van der Waals surface area contributed by atoms with Crippen molar-refractivity contribution in [3.05, 3.63) is 93.4 Å². The molecule has 1 unspecified atom stereocenters. The van der Waals surface area contributed by atoms with Crippen molar-refractivity contribution in [1.82, 2.24) is 10.2 Å². The Balaban J connectivity index is 1.66. The van der Waals surface area contributed by atoms with E-state index in [4.69, 9.17) is 0 Å². The molecule has 0 saturated heterocycles. The molecule has 0 bridgehead atoms. The maximum absolute atomic E-state index is 13.9. The fourth-order valence-electron chi connectivity index (χ4n) is 4.62. The summed E-state index contributed by atoms with van der Waals surface area (Å²) in [5, 5.41) is 3.08. The van der Waals surface area contributed by atoms with Crippen molar-refractivity contribution < 1.29 is 18.0 Å². The van der Waals surface area contributed by atoms with Crippen LogP contribution < -0.4 is 9.62 Å². The summed E-state index contributed by atoms with van der Waals surface area (Å²) in [6.07, 6.45) is 3.98. The topological polar surface area (TPSA) is 86.8 Å². The molecule has 0 aromatic heterocycles. The highest BCUT2D eigenvalue weighted by Crippen LogP contribution is 2.26. The van der Waals surface area contributed by atoms with Crippen molar-refractivity contribution in [3.63, 3.8) is 0 Å². The van der Waals surface area contributed by atoms with Crippen molar-refractivity contribution >= 4 is 59.4 Å². The summed E-state index contributed by atoms with van der Waals surface area (Å²) in [5.74, 6) is -0.720. The van der Waals surface area contributed by atoms with Gasteiger partial charge in [0.1, 0.15) is 12.6 Å². The number of sulfonamides is 1. The number of halogens is 2. The highest BCUT2D eigenvalue weighted by Gasteiger charge is 2.33. The average Bonchev–Trinajstić information content (AvgIpc) is 3.45. The van der Waals surface area contributed by atoms with Crippen molar-refractivity contribution in [3.8, 4) is 0 Å². The Kier molecular flexibility index (Phi) is 9.85. The summed E-state index contributed by atoms with van der Waals surface area (Å²) in [5.41, 5.74) is 1.18. The van der Waals surface area contributed by atoms with Crippen molar-refractivity contribution in [2.45, 2.75) is 56.1 Å². The van der Waals surface area contributed by atoms with Gasteiger partial charge in [-0.25, -0.2) is 8.42 Å². The number of rotatable bonds is 10. The average molecular weight is 677 g/mol. The third-order valence-corrected chi connectivity index (χ3v) is 9.71. The molecule has 4 rings (SSSR count). The standard InChI is InChI=1S/C29H31Br2N3O4S/c1-21(29(36)32-25-7-5-6-8-25)33(19-22-11-13-23(30)14-12-22)28(35)20-34(26-17-15-24(31)16-18-26)39(37,38)27-9-3-2-4-10-27/h2-4,9-18,21,25H,5-8,19-20H2,1H3,(H,32,36). The number of hydrogen-bond acceptors (Lipinski definition) is 4. The monoisotopic (exact) mass is 675 g/mol. The number of nitrogens with zero attached hydrogens (tertiary/aromatic N) is 2. The Labute approximate surface area is 246 Å². The quantitative estimate of drug-likeness (QED) is 0.291. The van der Waals surface area contributed by atoms with E-state index in [0.29, 0.717) is 5.69 Å². The predicted octanol–water partition coefficient (Wildman–Crippen LogP) is 5.88. The number of hydrogen-bond donors (Lipinski definition) is 1. The van der Waals surface area contributed by atoms with Crippen LogP contribution in [0.4, 0.5) is 5.69 Å². The Morgan fingerprint density at radius 2 is 1.46 bits per heavy atom. The van der Waals surface area contributed by atoms with Gasteiger partial charge in [-0.2, -0.15) is 0 Å². The molecule has 39 heavy (non-hydrogen) atoms. The molecular formula is C29H31Br2N3O4S. The Morgan fingerprint density at radius 1 is 0.897 bits per heavy atom. The predicted molar refractivity (Wildman–Crippen MR) is 160 cm³/mol. The van der Waals surface area contributed by atoms with Crippen molar-refractivity contribution in [2.75, 3.05) is 10.8 Å². The van der Waals surface area contributed by atoms with Crippen LogP contribution in [0.5, 0.6) is 0 Å².